The van der Waals surface area contributed by atoms with Gasteiger partial charge in [0.15, 0.2) is 0 Å². The zero-order valence-corrected chi connectivity index (χ0v) is 20.8. The number of hydrogen-bond donors (Lipinski definition) is 2. The van der Waals surface area contributed by atoms with Crippen LogP contribution < -0.4 is 21.7 Å². The molecule has 0 radical (unpaired) electrons. The van der Waals surface area contributed by atoms with Crippen LogP contribution >= 0.6 is 11.6 Å². The molecule has 0 saturated carbocycles. The molecule has 4 aromatic rings. The molecule has 2 N–H and O–H groups in total. The minimum Gasteiger partial charge on any atom is -0.481 e. The second-order valence-corrected chi connectivity index (χ2v) is 8.88. The van der Waals surface area contributed by atoms with Crippen LogP contribution in [0, 0.1) is 12.8 Å². The van der Waals surface area contributed by atoms with E-state index in [9.17, 15) is 19.5 Å². The maximum absolute atomic E-state index is 13.3. The summed E-state index contributed by atoms with van der Waals surface area (Å²) in [6.07, 6.45) is 1.66. The van der Waals surface area contributed by atoms with Crippen LogP contribution in [0.3, 0.4) is 0 Å². The van der Waals surface area contributed by atoms with Crippen LogP contribution in [0.5, 0.6) is 11.5 Å². The number of aromatic amines is 1. The second-order valence-electron chi connectivity index (χ2n) is 8.44. The van der Waals surface area contributed by atoms with E-state index < -0.39 is 23.3 Å². The SMILES string of the molecule is Cc1cc(Oc2ccc(/N=c3\[nH]c(=O)n(C[C@H](C)C(=O)O)c(=O)n3Cc3ccc(Cl)cc3)cc2)ccn1. The summed E-state index contributed by atoms with van der Waals surface area (Å²) in [5.41, 5.74) is 0.614. The fourth-order valence-electron chi connectivity index (χ4n) is 3.50. The topological polar surface area (TPSA) is 132 Å². The fourth-order valence-corrected chi connectivity index (χ4v) is 3.63. The Morgan fingerprint density at radius 1 is 1.08 bits per heavy atom. The first-order valence-electron chi connectivity index (χ1n) is 11.4. The first-order valence-corrected chi connectivity index (χ1v) is 11.7. The van der Waals surface area contributed by atoms with Crippen LogP contribution in [0.25, 0.3) is 0 Å². The third-order valence-corrected chi connectivity index (χ3v) is 5.74. The third kappa shape index (κ3) is 6.42. The van der Waals surface area contributed by atoms with Gasteiger partial charge in [0.2, 0.25) is 5.62 Å². The maximum atomic E-state index is 13.3. The number of carbonyl (C=O) groups is 1. The van der Waals surface area contributed by atoms with Gasteiger partial charge in [0, 0.05) is 29.5 Å². The summed E-state index contributed by atoms with van der Waals surface area (Å²) in [4.78, 5) is 48.6. The molecule has 190 valence electrons. The van der Waals surface area contributed by atoms with Crippen molar-refractivity contribution in [1.29, 1.82) is 0 Å². The van der Waals surface area contributed by atoms with Crippen LogP contribution in [0.2, 0.25) is 5.02 Å². The van der Waals surface area contributed by atoms with E-state index >= 15 is 0 Å². The molecule has 0 spiro atoms. The van der Waals surface area contributed by atoms with Crippen molar-refractivity contribution in [1.82, 2.24) is 19.1 Å². The lowest BCUT2D eigenvalue weighted by Gasteiger charge is -2.13. The second kappa shape index (κ2) is 11.1. The Bertz CT molecular complexity index is 1600. The van der Waals surface area contributed by atoms with E-state index in [-0.39, 0.29) is 18.7 Å². The van der Waals surface area contributed by atoms with E-state index in [2.05, 4.69) is 15.0 Å². The van der Waals surface area contributed by atoms with Crippen LogP contribution in [-0.2, 0) is 17.9 Å². The largest absolute Gasteiger partial charge is 0.481 e. The molecular weight excluding hydrogens is 498 g/mol. The molecule has 0 unspecified atom stereocenters. The molecule has 0 aliphatic carbocycles. The van der Waals surface area contributed by atoms with Crippen LogP contribution in [0.4, 0.5) is 5.69 Å². The maximum Gasteiger partial charge on any atom is 0.335 e. The number of pyridine rings is 1. The van der Waals surface area contributed by atoms with E-state index in [0.29, 0.717) is 22.2 Å². The number of aryl methyl sites for hydroxylation is 1. The van der Waals surface area contributed by atoms with Gasteiger partial charge in [-0.15, -0.1) is 0 Å². The van der Waals surface area contributed by atoms with Crippen LogP contribution in [0.1, 0.15) is 18.2 Å². The summed E-state index contributed by atoms with van der Waals surface area (Å²) in [5, 5.41) is 9.79. The Balaban J connectivity index is 1.74. The number of aromatic nitrogens is 4. The zero-order chi connectivity index (χ0) is 26.5. The Labute approximate surface area is 216 Å². The number of hydrogen-bond acceptors (Lipinski definition) is 6. The number of nitrogens with zero attached hydrogens (tertiary/aromatic N) is 4. The number of carboxylic acid groups (broad SMARTS) is 1. The zero-order valence-electron chi connectivity index (χ0n) is 20.1. The number of halogens is 1. The number of aliphatic carboxylic acids is 1. The highest BCUT2D eigenvalue weighted by Gasteiger charge is 2.17. The molecule has 1 atom stereocenters. The molecule has 0 amide bonds. The summed E-state index contributed by atoms with van der Waals surface area (Å²) < 4.78 is 7.97. The van der Waals surface area contributed by atoms with Gasteiger partial charge < -0.3 is 9.84 Å². The molecule has 2 aromatic heterocycles. The van der Waals surface area contributed by atoms with E-state index in [0.717, 1.165) is 15.8 Å². The summed E-state index contributed by atoms with van der Waals surface area (Å²) >= 11 is 5.98. The molecular formula is C26H24ClN5O5. The first-order chi connectivity index (χ1) is 17.7. The molecule has 10 nitrogen and oxygen atoms in total. The Hall–Kier alpha value is -4.44. The molecule has 37 heavy (non-hydrogen) atoms. The van der Waals surface area contributed by atoms with Gasteiger partial charge in [0.25, 0.3) is 0 Å². The van der Waals surface area contributed by atoms with Gasteiger partial charge in [-0.1, -0.05) is 30.7 Å². The molecule has 2 heterocycles. The number of H-pyrrole nitrogens is 1. The first kappa shape index (κ1) is 25.6. The van der Waals surface area contributed by atoms with Gasteiger partial charge in [-0.3, -0.25) is 19.3 Å². The van der Waals surface area contributed by atoms with E-state index in [1.165, 1.54) is 11.5 Å². The average Bonchev–Trinajstić information content (AvgIpc) is 2.86. The van der Waals surface area contributed by atoms with Crippen molar-refractivity contribution in [2.75, 3.05) is 0 Å². The van der Waals surface area contributed by atoms with Crippen molar-refractivity contribution in [2.45, 2.75) is 26.9 Å². The van der Waals surface area contributed by atoms with Crippen molar-refractivity contribution in [3.63, 3.8) is 0 Å². The molecule has 4 rings (SSSR count). The Morgan fingerprint density at radius 2 is 1.78 bits per heavy atom. The summed E-state index contributed by atoms with van der Waals surface area (Å²) in [6, 6.07) is 17.2. The Kier molecular flexibility index (Phi) is 7.69. The van der Waals surface area contributed by atoms with E-state index in [4.69, 9.17) is 16.3 Å². The van der Waals surface area contributed by atoms with Gasteiger partial charge in [0.1, 0.15) is 11.5 Å². The minimum atomic E-state index is -1.12. The predicted molar refractivity (Wildman–Crippen MR) is 137 cm³/mol. The quantitative estimate of drug-likeness (QED) is 0.365. The standard InChI is InChI=1S/C26H24ClN5O5/c1-16(23(33)34)14-32-25(35)30-24(31(26(32)36)15-18-3-5-19(27)6-4-18)29-20-7-9-21(10-8-20)37-22-11-12-28-17(2)13-22/h3-13,16H,14-15H2,1-2H3,(H,33,34)(H,29,30,35)/t16-/m0/s1. The normalized spacial score (nSPS) is 12.4. The monoisotopic (exact) mass is 521 g/mol. The third-order valence-electron chi connectivity index (χ3n) is 5.49. The summed E-state index contributed by atoms with van der Waals surface area (Å²) in [6.45, 7) is 3.08. The average molecular weight is 522 g/mol. The van der Waals surface area contributed by atoms with Crippen LogP contribution in [0.15, 0.2) is 81.4 Å². The number of carboxylic acids is 1. The van der Waals surface area contributed by atoms with Crippen molar-refractivity contribution < 1.29 is 14.6 Å². The lowest BCUT2D eigenvalue weighted by atomic mass is 10.2. The number of benzene rings is 2. The lowest BCUT2D eigenvalue weighted by Crippen LogP contribution is -2.51. The highest BCUT2D eigenvalue weighted by atomic mass is 35.5. The lowest BCUT2D eigenvalue weighted by molar-refractivity contribution is -0.141. The number of rotatable bonds is 8. The summed E-state index contributed by atoms with van der Waals surface area (Å²) in [7, 11) is 0. The van der Waals surface area contributed by atoms with Crippen molar-refractivity contribution in [3.8, 4) is 11.5 Å². The molecule has 0 aliphatic rings. The van der Waals surface area contributed by atoms with Crippen LogP contribution in [-0.4, -0.2) is 30.2 Å². The molecule has 0 bridgehead atoms. The highest BCUT2D eigenvalue weighted by Crippen LogP contribution is 2.23. The van der Waals surface area contributed by atoms with E-state index in [1.54, 1.807) is 60.8 Å². The van der Waals surface area contributed by atoms with Gasteiger partial charge in [0.05, 0.1) is 18.2 Å². The summed E-state index contributed by atoms with van der Waals surface area (Å²) in [5.74, 6) is -0.845. The highest BCUT2D eigenvalue weighted by molar-refractivity contribution is 6.30. The smallest absolute Gasteiger partial charge is 0.335 e. The molecule has 2 aromatic carbocycles. The Morgan fingerprint density at radius 3 is 2.43 bits per heavy atom. The van der Waals surface area contributed by atoms with Crippen molar-refractivity contribution >= 4 is 23.3 Å². The number of ether oxygens (including phenoxy) is 1. The molecule has 0 saturated heterocycles. The van der Waals surface area contributed by atoms with Gasteiger partial charge >= 0.3 is 17.3 Å². The predicted octanol–water partition coefficient (Wildman–Crippen LogP) is 3.49. The molecule has 11 heteroatoms. The van der Waals surface area contributed by atoms with Gasteiger partial charge in [-0.05, 0) is 55.0 Å². The minimum absolute atomic E-state index is 0.0163. The van der Waals surface area contributed by atoms with E-state index in [1.807, 2.05) is 13.0 Å². The fraction of sp³-hybridized carbons (Fsp3) is 0.192. The van der Waals surface area contributed by atoms with Gasteiger partial charge in [-0.25, -0.2) is 19.1 Å². The molecule has 0 fully saturated rings. The van der Waals surface area contributed by atoms with Gasteiger partial charge in [-0.2, -0.15) is 0 Å². The van der Waals surface area contributed by atoms with Crippen molar-refractivity contribution in [3.05, 3.63) is 110 Å². The van der Waals surface area contributed by atoms with Crippen molar-refractivity contribution in [2.24, 2.45) is 10.9 Å². The molecule has 0 aliphatic heterocycles. The number of nitrogens with one attached hydrogen (secondary N) is 1.